The van der Waals surface area contributed by atoms with E-state index in [0.717, 1.165) is 0 Å². The second-order valence-corrected chi connectivity index (χ2v) is 4.52. The summed E-state index contributed by atoms with van der Waals surface area (Å²) < 4.78 is 15.4. The molecule has 1 N–H and O–H groups in total. The molecule has 1 heterocycles. The summed E-state index contributed by atoms with van der Waals surface area (Å²) in [5.74, 6) is 0.170. The zero-order valence-corrected chi connectivity index (χ0v) is 12.9. The summed E-state index contributed by atoms with van der Waals surface area (Å²) in [6.45, 7) is -0.0940. The molecule has 0 aliphatic heterocycles. The first-order valence-electron chi connectivity index (χ1n) is 6.84. The van der Waals surface area contributed by atoms with Gasteiger partial charge in [-0.15, -0.1) is 0 Å². The average Bonchev–Trinajstić information content (AvgIpc) is 2.60. The Bertz CT molecular complexity index is 712. The van der Waals surface area contributed by atoms with Crippen LogP contribution in [0.3, 0.4) is 0 Å². The van der Waals surface area contributed by atoms with Crippen molar-refractivity contribution in [2.24, 2.45) is 0 Å². The number of aliphatic hydroxyl groups is 1. The van der Waals surface area contributed by atoms with Crippen molar-refractivity contribution >= 4 is 11.5 Å². The fourth-order valence-corrected chi connectivity index (χ4v) is 1.95. The van der Waals surface area contributed by atoms with Crippen LogP contribution in [-0.2, 0) is 20.9 Å². The molecule has 1 aromatic heterocycles. The van der Waals surface area contributed by atoms with Crippen molar-refractivity contribution < 1.29 is 24.1 Å². The number of methoxy groups -OCH3 is 2. The summed E-state index contributed by atoms with van der Waals surface area (Å²) in [4.78, 5) is 16.1. The number of esters is 1. The Morgan fingerprint density at radius 3 is 2.78 bits per heavy atom. The number of hydrogen-bond acceptors (Lipinski definition) is 6. The number of rotatable bonds is 6. The summed E-state index contributed by atoms with van der Waals surface area (Å²) in [6, 6.07) is 10.3. The van der Waals surface area contributed by atoms with E-state index >= 15 is 0 Å². The molecule has 0 spiro atoms. The number of hydrogen-bond donors (Lipinski definition) is 1. The molecular weight excluding hydrogens is 298 g/mol. The molecule has 0 aliphatic rings. The largest absolute Gasteiger partial charge is 0.503 e. The summed E-state index contributed by atoms with van der Waals surface area (Å²) in [5, 5.41) is 9.19. The normalized spacial score (nSPS) is 11.0. The Labute approximate surface area is 134 Å². The van der Waals surface area contributed by atoms with Crippen LogP contribution in [0.5, 0.6) is 11.6 Å². The maximum atomic E-state index is 11.9. The number of benzene rings is 1. The van der Waals surface area contributed by atoms with Gasteiger partial charge in [0.25, 0.3) is 0 Å². The Morgan fingerprint density at radius 2 is 2.09 bits per heavy atom. The lowest BCUT2D eigenvalue weighted by atomic mass is 10.1. The summed E-state index contributed by atoms with van der Waals surface area (Å²) in [7, 11) is 2.72. The summed E-state index contributed by atoms with van der Waals surface area (Å²) in [5.41, 5.74) is 1.34. The standard InChI is InChI=1S/C17H17NO5/c1-21-11-15(17(20)22-2)14-7-4-8-18-16(14)23-13-6-3-5-12(9-13)10-19/h3-9,11,19H,10H2,1-2H3/b15-11-. The maximum Gasteiger partial charge on any atom is 0.341 e. The molecule has 6 heteroatoms. The summed E-state index contributed by atoms with van der Waals surface area (Å²) in [6.07, 6.45) is 2.83. The second kappa shape index (κ2) is 7.95. The predicted molar refractivity (Wildman–Crippen MR) is 83.7 cm³/mol. The first-order chi connectivity index (χ1) is 11.2. The quantitative estimate of drug-likeness (QED) is 0.501. The van der Waals surface area contributed by atoms with E-state index < -0.39 is 5.97 Å². The Balaban J connectivity index is 2.40. The molecule has 0 saturated carbocycles. The highest BCUT2D eigenvalue weighted by Gasteiger charge is 2.19. The molecule has 2 aromatic rings. The van der Waals surface area contributed by atoms with Gasteiger partial charge in [0, 0.05) is 6.20 Å². The fraction of sp³-hybridized carbons (Fsp3) is 0.176. The zero-order valence-electron chi connectivity index (χ0n) is 12.9. The van der Waals surface area contributed by atoms with Crippen LogP contribution in [0.1, 0.15) is 11.1 Å². The highest BCUT2D eigenvalue weighted by Crippen LogP contribution is 2.29. The highest BCUT2D eigenvalue weighted by atomic mass is 16.5. The van der Waals surface area contributed by atoms with Crippen LogP contribution in [0.2, 0.25) is 0 Å². The third-order valence-corrected chi connectivity index (χ3v) is 3.00. The Hall–Kier alpha value is -2.86. The van der Waals surface area contributed by atoms with Gasteiger partial charge in [-0.2, -0.15) is 0 Å². The number of ether oxygens (including phenoxy) is 3. The number of aromatic nitrogens is 1. The van der Waals surface area contributed by atoms with Gasteiger partial charge in [-0.25, -0.2) is 9.78 Å². The molecule has 2 rings (SSSR count). The van der Waals surface area contributed by atoms with E-state index in [0.29, 0.717) is 16.9 Å². The molecule has 0 saturated heterocycles. The van der Waals surface area contributed by atoms with Gasteiger partial charge < -0.3 is 19.3 Å². The molecule has 0 unspecified atom stereocenters. The molecule has 0 fully saturated rings. The van der Waals surface area contributed by atoms with E-state index in [-0.39, 0.29) is 18.1 Å². The van der Waals surface area contributed by atoms with Crippen molar-refractivity contribution in [3.05, 3.63) is 60.0 Å². The van der Waals surface area contributed by atoms with Crippen LogP contribution in [0, 0.1) is 0 Å². The molecule has 23 heavy (non-hydrogen) atoms. The van der Waals surface area contributed by atoms with E-state index in [4.69, 9.17) is 14.2 Å². The summed E-state index contributed by atoms with van der Waals surface area (Å²) >= 11 is 0. The monoisotopic (exact) mass is 315 g/mol. The molecule has 6 nitrogen and oxygen atoms in total. The van der Waals surface area contributed by atoms with Crippen LogP contribution >= 0.6 is 0 Å². The van der Waals surface area contributed by atoms with Gasteiger partial charge in [-0.1, -0.05) is 12.1 Å². The number of aliphatic hydroxyl groups excluding tert-OH is 1. The molecule has 120 valence electrons. The molecule has 0 bridgehead atoms. The van der Waals surface area contributed by atoms with Gasteiger partial charge in [-0.3, -0.25) is 0 Å². The first kappa shape index (κ1) is 16.5. The third kappa shape index (κ3) is 4.08. The van der Waals surface area contributed by atoms with E-state index in [2.05, 4.69) is 4.98 Å². The van der Waals surface area contributed by atoms with Gasteiger partial charge >= 0.3 is 5.97 Å². The van der Waals surface area contributed by atoms with Gasteiger partial charge in [0.05, 0.1) is 32.7 Å². The fourth-order valence-electron chi connectivity index (χ4n) is 1.95. The lowest BCUT2D eigenvalue weighted by Gasteiger charge is -2.12. The van der Waals surface area contributed by atoms with Crippen molar-refractivity contribution in [3.63, 3.8) is 0 Å². The van der Waals surface area contributed by atoms with E-state index in [1.807, 2.05) is 0 Å². The number of nitrogens with zero attached hydrogens (tertiary/aromatic N) is 1. The van der Waals surface area contributed by atoms with E-state index in [1.54, 1.807) is 42.6 Å². The Kier molecular flexibility index (Phi) is 5.71. The van der Waals surface area contributed by atoms with Crippen molar-refractivity contribution in [1.82, 2.24) is 4.98 Å². The van der Waals surface area contributed by atoms with Gasteiger partial charge in [0.2, 0.25) is 5.88 Å². The van der Waals surface area contributed by atoms with Crippen LogP contribution < -0.4 is 4.74 Å². The van der Waals surface area contributed by atoms with Gasteiger partial charge in [-0.05, 0) is 29.8 Å². The van der Waals surface area contributed by atoms with Gasteiger partial charge in [0.15, 0.2) is 0 Å². The van der Waals surface area contributed by atoms with E-state index in [9.17, 15) is 9.90 Å². The number of carbonyl (C=O) groups is 1. The van der Waals surface area contributed by atoms with Crippen LogP contribution in [0.4, 0.5) is 0 Å². The lowest BCUT2D eigenvalue weighted by molar-refractivity contribution is -0.133. The molecule has 0 amide bonds. The Morgan fingerprint density at radius 1 is 1.26 bits per heavy atom. The van der Waals surface area contributed by atoms with Crippen LogP contribution in [-0.4, -0.2) is 30.3 Å². The second-order valence-electron chi connectivity index (χ2n) is 4.52. The van der Waals surface area contributed by atoms with Crippen LogP contribution in [0.15, 0.2) is 48.9 Å². The first-order valence-corrected chi connectivity index (χ1v) is 6.84. The smallest absolute Gasteiger partial charge is 0.341 e. The SMILES string of the molecule is CO/C=C(\C(=O)OC)c1cccnc1Oc1cccc(CO)c1. The molecule has 0 aliphatic carbocycles. The highest BCUT2D eigenvalue weighted by molar-refractivity contribution is 6.16. The molecule has 1 aromatic carbocycles. The van der Waals surface area contributed by atoms with E-state index in [1.165, 1.54) is 20.5 Å². The minimum Gasteiger partial charge on any atom is -0.503 e. The topological polar surface area (TPSA) is 77.9 Å². The van der Waals surface area contributed by atoms with Gasteiger partial charge in [0.1, 0.15) is 11.3 Å². The predicted octanol–water partition coefficient (Wildman–Crippen LogP) is 2.53. The van der Waals surface area contributed by atoms with Crippen LogP contribution in [0.25, 0.3) is 5.57 Å². The molecular formula is C17H17NO5. The lowest BCUT2D eigenvalue weighted by Crippen LogP contribution is -2.06. The maximum absolute atomic E-state index is 11.9. The average molecular weight is 315 g/mol. The van der Waals surface area contributed by atoms with Crippen molar-refractivity contribution in [2.45, 2.75) is 6.61 Å². The minimum absolute atomic E-state index is 0.0940. The number of carbonyl (C=O) groups excluding carboxylic acids is 1. The van der Waals surface area contributed by atoms with Crippen molar-refractivity contribution in [1.29, 1.82) is 0 Å². The van der Waals surface area contributed by atoms with Crippen molar-refractivity contribution in [3.8, 4) is 11.6 Å². The van der Waals surface area contributed by atoms with Crippen molar-refractivity contribution in [2.75, 3.05) is 14.2 Å². The third-order valence-electron chi connectivity index (χ3n) is 3.00. The molecule has 0 atom stereocenters. The molecule has 0 radical (unpaired) electrons. The minimum atomic E-state index is -0.561. The zero-order chi connectivity index (χ0) is 16.7. The number of pyridine rings is 1.